The number of likely N-dealkylation sites (tertiary alicyclic amines) is 2. The van der Waals surface area contributed by atoms with Crippen LogP contribution in [0.4, 0.5) is 0 Å². The fourth-order valence-electron chi connectivity index (χ4n) is 5.04. The number of benzene rings is 2. The summed E-state index contributed by atoms with van der Waals surface area (Å²) in [5.74, 6) is 0.135. The minimum Gasteiger partial charge on any atom is -0.358 e. The van der Waals surface area contributed by atoms with Crippen molar-refractivity contribution >= 4 is 16.7 Å². The van der Waals surface area contributed by atoms with E-state index in [1.807, 2.05) is 0 Å². The van der Waals surface area contributed by atoms with Crippen molar-refractivity contribution in [1.29, 1.82) is 0 Å². The van der Waals surface area contributed by atoms with Gasteiger partial charge in [0.15, 0.2) is 0 Å². The van der Waals surface area contributed by atoms with E-state index in [-0.39, 0.29) is 11.9 Å². The van der Waals surface area contributed by atoms with Gasteiger partial charge in [-0.2, -0.15) is 0 Å². The van der Waals surface area contributed by atoms with Crippen molar-refractivity contribution < 1.29 is 4.79 Å². The molecule has 4 rings (SSSR count). The van der Waals surface area contributed by atoms with Gasteiger partial charge in [0.2, 0.25) is 5.91 Å². The normalized spacial score (nSPS) is 24.2. The molecule has 5 heteroatoms. The number of nitrogens with zero attached hydrogens (tertiary/aromatic N) is 2. The Kier molecular flexibility index (Phi) is 6.48. The van der Waals surface area contributed by atoms with Crippen molar-refractivity contribution in [2.45, 2.75) is 50.9 Å². The van der Waals surface area contributed by atoms with Crippen LogP contribution in [0.5, 0.6) is 0 Å². The summed E-state index contributed by atoms with van der Waals surface area (Å²) >= 11 is 0. The Bertz CT molecular complexity index is 825. The molecule has 0 aliphatic carbocycles. The largest absolute Gasteiger partial charge is 0.358 e. The van der Waals surface area contributed by atoms with E-state index in [1.54, 1.807) is 7.05 Å². The topological polar surface area (TPSA) is 47.6 Å². The van der Waals surface area contributed by atoms with E-state index < -0.39 is 0 Å². The quantitative estimate of drug-likeness (QED) is 0.791. The Hall–Kier alpha value is -1.95. The van der Waals surface area contributed by atoms with Gasteiger partial charge >= 0.3 is 0 Å². The molecule has 0 bridgehead atoms. The molecule has 2 fully saturated rings. The molecule has 1 amide bonds. The van der Waals surface area contributed by atoms with Crippen LogP contribution in [0, 0.1) is 0 Å². The van der Waals surface area contributed by atoms with Crippen molar-refractivity contribution in [2.75, 3.05) is 33.2 Å². The SMILES string of the molecule is CCN1CCC(N[C@H]2C[C@@H](C(=O)NC)N(Cc3cccc4ccccc34)C2)CC1. The van der Waals surface area contributed by atoms with E-state index in [9.17, 15) is 4.79 Å². The van der Waals surface area contributed by atoms with Gasteiger partial charge in [0.1, 0.15) is 0 Å². The molecule has 156 valence electrons. The highest BCUT2D eigenvalue weighted by atomic mass is 16.2. The van der Waals surface area contributed by atoms with E-state index in [0.717, 1.165) is 26.1 Å². The molecule has 0 radical (unpaired) electrons. The number of carbonyl (C=O) groups excluding carboxylic acids is 1. The average Bonchev–Trinajstić information content (AvgIpc) is 3.16. The summed E-state index contributed by atoms with van der Waals surface area (Å²) < 4.78 is 0. The third kappa shape index (κ3) is 4.63. The fourth-order valence-corrected chi connectivity index (χ4v) is 5.04. The maximum atomic E-state index is 12.6. The second kappa shape index (κ2) is 9.24. The van der Waals surface area contributed by atoms with Crippen LogP contribution in [0.15, 0.2) is 42.5 Å². The van der Waals surface area contributed by atoms with Gasteiger partial charge in [0, 0.05) is 32.2 Å². The molecule has 2 aliphatic heterocycles. The lowest BCUT2D eigenvalue weighted by atomic mass is 10.0. The number of hydrogen-bond donors (Lipinski definition) is 2. The van der Waals surface area contributed by atoms with E-state index in [1.165, 1.54) is 42.3 Å². The highest BCUT2D eigenvalue weighted by Crippen LogP contribution is 2.26. The summed E-state index contributed by atoms with van der Waals surface area (Å²) in [7, 11) is 1.75. The molecular weight excluding hydrogens is 360 g/mol. The van der Waals surface area contributed by atoms with Crippen LogP contribution in [0.3, 0.4) is 0 Å². The fraction of sp³-hybridized carbons (Fsp3) is 0.542. The third-order valence-electron chi connectivity index (χ3n) is 6.71. The molecule has 2 atom stereocenters. The molecule has 0 unspecified atom stereocenters. The van der Waals surface area contributed by atoms with Gasteiger partial charge in [0.05, 0.1) is 6.04 Å². The number of likely N-dealkylation sites (N-methyl/N-ethyl adjacent to an activating group) is 1. The minimum absolute atomic E-state index is 0.0628. The highest BCUT2D eigenvalue weighted by Gasteiger charge is 2.37. The van der Waals surface area contributed by atoms with Crippen LogP contribution < -0.4 is 10.6 Å². The molecule has 2 aromatic rings. The van der Waals surface area contributed by atoms with E-state index in [2.05, 4.69) is 69.8 Å². The molecule has 2 saturated heterocycles. The lowest BCUT2D eigenvalue weighted by Gasteiger charge is -2.33. The second-order valence-electron chi connectivity index (χ2n) is 8.51. The van der Waals surface area contributed by atoms with Crippen LogP contribution >= 0.6 is 0 Å². The average molecular weight is 395 g/mol. The minimum atomic E-state index is -0.0628. The molecule has 0 saturated carbocycles. The Balaban J connectivity index is 1.45. The molecule has 2 N–H and O–H groups in total. The molecule has 29 heavy (non-hydrogen) atoms. The van der Waals surface area contributed by atoms with Gasteiger partial charge in [0.25, 0.3) is 0 Å². The van der Waals surface area contributed by atoms with Gasteiger partial charge in [-0.1, -0.05) is 49.4 Å². The smallest absolute Gasteiger partial charge is 0.237 e. The second-order valence-corrected chi connectivity index (χ2v) is 8.51. The Labute approximate surface area is 174 Å². The maximum Gasteiger partial charge on any atom is 0.237 e. The summed E-state index contributed by atoms with van der Waals surface area (Å²) in [6.45, 7) is 7.48. The molecule has 2 aromatic carbocycles. The van der Waals surface area contributed by atoms with Gasteiger partial charge in [-0.3, -0.25) is 9.69 Å². The summed E-state index contributed by atoms with van der Waals surface area (Å²) in [5, 5.41) is 9.31. The molecule has 0 aromatic heterocycles. The van der Waals surface area contributed by atoms with Crippen molar-refractivity contribution in [3.05, 3.63) is 48.0 Å². The Morgan fingerprint density at radius 3 is 2.59 bits per heavy atom. The monoisotopic (exact) mass is 394 g/mol. The predicted molar refractivity (Wildman–Crippen MR) is 119 cm³/mol. The van der Waals surface area contributed by atoms with Crippen LogP contribution in [0.2, 0.25) is 0 Å². The highest BCUT2D eigenvalue weighted by molar-refractivity contribution is 5.86. The van der Waals surface area contributed by atoms with Gasteiger partial charge in [-0.15, -0.1) is 0 Å². The lowest BCUT2D eigenvalue weighted by molar-refractivity contribution is -0.125. The van der Waals surface area contributed by atoms with Crippen molar-refractivity contribution in [3.63, 3.8) is 0 Å². The summed E-state index contributed by atoms with van der Waals surface area (Å²) in [4.78, 5) is 17.5. The number of hydrogen-bond acceptors (Lipinski definition) is 4. The number of amides is 1. The molecule has 2 heterocycles. The van der Waals surface area contributed by atoms with Gasteiger partial charge in [-0.05, 0) is 55.2 Å². The van der Waals surface area contributed by atoms with Crippen LogP contribution in [-0.4, -0.2) is 67.1 Å². The van der Waals surface area contributed by atoms with Gasteiger partial charge in [-0.25, -0.2) is 0 Å². The third-order valence-corrected chi connectivity index (χ3v) is 6.71. The van der Waals surface area contributed by atoms with Crippen LogP contribution in [0.1, 0.15) is 31.7 Å². The number of piperidine rings is 1. The zero-order valence-corrected chi connectivity index (χ0v) is 17.7. The maximum absolute atomic E-state index is 12.6. The number of fused-ring (bicyclic) bond motifs is 1. The van der Waals surface area contributed by atoms with Crippen LogP contribution in [0.25, 0.3) is 10.8 Å². The lowest BCUT2D eigenvalue weighted by Crippen LogP contribution is -2.46. The van der Waals surface area contributed by atoms with E-state index in [0.29, 0.717) is 12.1 Å². The van der Waals surface area contributed by atoms with Crippen molar-refractivity contribution in [3.8, 4) is 0 Å². The van der Waals surface area contributed by atoms with Crippen LogP contribution in [-0.2, 0) is 11.3 Å². The standard InChI is InChI=1S/C24H34N4O/c1-3-27-13-11-20(12-14-27)26-21-15-23(24(29)25-2)28(17-21)16-19-9-6-8-18-7-4-5-10-22(18)19/h4-10,20-21,23,26H,3,11-17H2,1-2H3,(H,25,29)/t21-,23-/m0/s1. The first-order valence-electron chi connectivity index (χ1n) is 11.1. The Morgan fingerprint density at radius 2 is 1.83 bits per heavy atom. The predicted octanol–water partition coefficient (Wildman–Crippen LogP) is 2.60. The van der Waals surface area contributed by atoms with Crippen molar-refractivity contribution in [2.24, 2.45) is 0 Å². The van der Waals surface area contributed by atoms with E-state index >= 15 is 0 Å². The first kappa shape index (κ1) is 20.3. The number of rotatable bonds is 6. The molecule has 5 nitrogen and oxygen atoms in total. The molecule has 0 spiro atoms. The summed E-state index contributed by atoms with van der Waals surface area (Å²) in [5.41, 5.74) is 1.30. The van der Waals surface area contributed by atoms with E-state index in [4.69, 9.17) is 0 Å². The Morgan fingerprint density at radius 1 is 1.07 bits per heavy atom. The van der Waals surface area contributed by atoms with Gasteiger partial charge < -0.3 is 15.5 Å². The zero-order chi connectivity index (χ0) is 20.2. The first-order valence-corrected chi connectivity index (χ1v) is 11.1. The number of nitrogens with one attached hydrogen (secondary N) is 2. The number of carbonyl (C=O) groups is 1. The summed E-state index contributed by atoms with van der Waals surface area (Å²) in [6, 6.07) is 15.9. The van der Waals surface area contributed by atoms with Crippen molar-refractivity contribution in [1.82, 2.24) is 20.4 Å². The zero-order valence-electron chi connectivity index (χ0n) is 17.7. The summed E-state index contributed by atoms with van der Waals surface area (Å²) in [6.07, 6.45) is 3.30. The molecule has 2 aliphatic rings. The first-order chi connectivity index (χ1) is 14.2. The molecular formula is C24H34N4O.